The molecule has 0 fully saturated rings. The number of thiazole rings is 1. The maximum absolute atomic E-state index is 5.39. The molecule has 0 spiro atoms. The number of hydrogen-bond acceptors (Lipinski definition) is 4. The van der Waals surface area contributed by atoms with Gasteiger partial charge in [-0.3, -0.25) is 0 Å². The highest BCUT2D eigenvalue weighted by atomic mass is 32.1. The van der Waals surface area contributed by atoms with Crippen LogP contribution in [0, 0.1) is 0 Å². The highest BCUT2D eigenvalue weighted by Gasteiger charge is 2.11. The van der Waals surface area contributed by atoms with Crippen LogP contribution >= 0.6 is 22.7 Å². The largest absolute Gasteiger partial charge is 0.495 e. The Morgan fingerprint density at radius 2 is 2.19 bits per heavy atom. The van der Waals surface area contributed by atoms with Crippen LogP contribution in [0.25, 0.3) is 20.7 Å². The fourth-order valence-electron chi connectivity index (χ4n) is 1.74. The number of hydrogen-bond donors (Lipinski definition) is 0. The molecule has 3 aromatic rings. The summed E-state index contributed by atoms with van der Waals surface area (Å²) in [5.41, 5.74) is 1.16. The Hall–Kier alpha value is -1.39. The lowest BCUT2D eigenvalue weighted by atomic mass is 10.1. The number of thiophene rings is 1. The van der Waals surface area contributed by atoms with Gasteiger partial charge in [-0.05, 0) is 6.07 Å². The number of aromatic nitrogens is 1. The molecule has 3 rings (SSSR count). The first-order chi connectivity index (χ1) is 7.90. The number of rotatable bonds is 2. The zero-order chi connectivity index (χ0) is 11.0. The van der Waals surface area contributed by atoms with E-state index >= 15 is 0 Å². The summed E-state index contributed by atoms with van der Waals surface area (Å²) in [7, 11) is 1.71. The number of nitrogens with zero attached hydrogens (tertiary/aromatic N) is 1. The van der Waals surface area contributed by atoms with Gasteiger partial charge in [0.1, 0.15) is 10.8 Å². The van der Waals surface area contributed by atoms with Crippen molar-refractivity contribution in [3.05, 3.63) is 35.2 Å². The molecule has 2 aromatic heterocycles. The Balaban J connectivity index is 2.35. The lowest BCUT2D eigenvalue weighted by molar-refractivity contribution is 0.421. The van der Waals surface area contributed by atoms with Crippen molar-refractivity contribution in [3.8, 4) is 16.3 Å². The Bertz CT molecular complexity index is 613. The molecule has 0 unspecified atom stereocenters. The van der Waals surface area contributed by atoms with Gasteiger partial charge in [0, 0.05) is 32.6 Å². The third-order valence-electron chi connectivity index (χ3n) is 2.45. The smallest absolute Gasteiger partial charge is 0.138 e. The van der Waals surface area contributed by atoms with Crippen LogP contribution in [-0.4, -0.2) is 12.1 Å². The first kappa shape index (κ1) is 9.81. The molecule has 80 valence electrons. The van der Waals surface area contributed by atoms with E-state index in [1.165, 1.54) is 10.1 Å². The molecule has 0 atom stereocenters. The second-order valence-corrected chi connectivity index (χ2v) is 5.13. The van der Waals surface area contributed by atoms with Crippen LogP contribution < -0.4 is 4.74 Å². The predicted octanol–water partition coefficient (Wildman–Crippen LogP) is 4.03. The molecule has 1 aromatic carbocycles. The lowest BCUT2D eigenvalue weighted by Crippen LogP contribution is -1.82. The molecule has 2 nitrogen and oxygen atoms in total. The van der Waals surface area contributed by atoms with E-state index in [0.717, 1.165) is 16.3 Å². The molecule has 0 bridgehead atoms. The molecule has 0 aliphatic carbocycles. The minimum atomic E-state index is 0.936. The summed E-state index contributed by atoms with van der Waals surface area (Å²) in [5.74, 6) is 0.936. The third kappa shape index (κ3) is 1.42. The summed E-state index contributed by atoms with van der Waals surface area (Å²) >= 11 is 3.35. The molecule has 0 saturated carbocycles. The van der Waals surface area contributed by atoms with Crippen LogP contribution in [0.3, 0.4) is 0 Å². The van der Waals surface area contributed by atoms with Crippen molar-refractivity contribution in [1.82, 2.24) is 4.98 Å². The molecule has 4 heteroatoms. The summed E-state index contributed by atoms with van der Waals surface area (Å²) in [4.78, 5) is 4.36. The minimum absolute atomic E-state index is 0.936. The van der Waals surface area contributed by atoms with Crippen molar-refractivity contribution in [2.75, 3.05) is 7.11 Å². The lowest BCUT2D eigenvalue weighted by Gasteiger charge is -2.02. The standard InChI is InChI=1S/C12H9NOS2/c1-14-9-7-16-10-4-2-3-8(11(9)10)12-13-5-6-15-12/h2-7H,1H3. The molecule has 16 heavy (non-hydrogen) atoms. The zero-order valence-electron chi connectivity index (χ0n) is 8.64. The van der Waals surface area contributed by atoms with Crippen LogP contribution in [0.15, 0.2) is 35.2 Å². The normalized spacial score (nSPS) is 10.8. The van der Waals surface area contributed by atoms with Crippen molar-refractivity contribution < 1.29 is 4.74 Å². The molecule has 0 amide bonds. The Morgan fingerprint density at radius 3 is 2.94 bits per heavy atom. The second kappa shape index (κ2) is 3.88. The molecule has 0 N–H and O–H groups in total. The van der Waals surface area contributed by atoms with E-state index < -0.39 is 0 Å². The summed E-state index contributed by atoms with van der Waals surface area (Å²) in [6, 6.07) is 6.27. The van der Waals surface area contributed by atoms with Gasteiger partial charge in [0.25, 0.3) is 0 Å². The van der Waals surface area contributed by atoms with Gasteiger partial charge in [-0.1, -0.05) is 12.1 Å². The quantitative estimate of drug-likeness (QED) is 0.682. The van der Waals surface area contributed by atoms with Gasteiger partial charge in [-0.2, -0.15) is 0 Å². The Kier molecular flexibility index (Phi) is 2.38. The molecular formula is C12H9NOS2. The van der Waals surface area contributed by atoms with E-state index in [-0.39, 0.29) is 0 Å². The topological polar surface area (TPSA) is 22.1 Å². The molecule has 0 saturated heterocycles. The Labute approximate surface area is 101 Å². The average molecular weight is 247 g/mol. The first-order valence-corrected chi connectivity index (χ1v) is 6.60. The predicted molar refractivity (Wildman–Crippen MR) is 69.5 cm³/mol. The van der Waals surface area contributed by atoms with E-state index in [0.29, 0.717) is 0 Å². The number of methoxy groups -OCH3 is 1. The highest BCUT2D eigenvalue weighted by molar-refractivity contribution is 7.18. The van der Waals surface area contributed by atoms with Crippen molar-refractivity contribution in [2.24, 2.45) is 0 Å². The molecule has 2 heterocycles. The van der Waals surface area contributed by atoms with E-state index in [4.69, 9.17) is 4.74 Å². The van der Waals surface area contributed by atoms with E-state index in [1.807, 2.05) is 17.0 Å². The summed E-state index contributed by atoms with van der Waals surface area (Å²) in [6.07, 6.45) is 1.83. The van der Waals surface area contributed by atoms with Gasteiger partial charge in [0.2, 0.25) is 0 Å². The molecule has 0 radical (unpaired) electrons. The number of fused-ring (bicyclic) bond motifs is 1. The maximum Gasteiger partial charge on any atom is 0.138 e. The van der Waals surface area contributed by atoms with Gasteiger partial charge in [0.15, 0.2) is 0 Å². The van der Waals surface area contributed by atoms with Crippen LogP contribution in [0.4, 0.5) is 0 Å². The van der Waals surface area contributed by atoms with Gasteiger partial charge in [-0.15, -0.1) is 22.7 Å². The molecule has 0 aliphatic rings. The van der Waals surface area contributed by atoms with Crippen LogP contribution in [0.5, 0.6) is 5.75 Å². The highest BCUT2D eigenvalue weighted by Crippen LogP contribution is 2.39. The van der Waals surface area contributed by atoms with Crippen LogP contribution in [0.1, 0.15) is 0 Å². The van der Waals surface area contributed by atoms with Crippen molar-refractivity contribution in [1.29, 1.82) is 0 Å². The van der Waals surface area contributed by atoms with Gasteiger partial charge in [-0.25, -0.2) is 4.98 Å². The number of ether oxygens (including phenoxy) is 1. The van der Waals surface area contributed by atoms with Gasteiger partial charge >= 0.3 is 0 Å². The van der Waals surface area contributed by atoms with Crippen molar-refractivity contribution in [2.45, 2.75) is 0 Å². The SMILES string of the molecule is COc1csc2cccc(-c3nccs3)c12. The van der Waals surface area contributed by atoms with E-state index in [2.05, 4.69) is 23.2 Å². The average Bonchev–Trinajstić information content (AvgIpc) is 2.97. The van der Waals surface area contributed by atoms with Gasteiger partial charge in [0.05, 0.1) is 7.11 Å². The third-order valence-corrected chi connectivity index (χ3v) is 4.18. The summed E-state index contributed by atoms with van der Waals surface area (Å²) in [6.45, 7) is 0. The minimum Gasteiger partial charge on any atom is -0.495 e. The molecular weight excluding hydrogens is 238 g/mol. The Morgan fingerprint density at radius 1 is 1.25 bits per heavy atom. The summed E-state index contributed by atoms with van der Waals surface area (Å²) < 4.78 is 6.63. The van der Waals surface area contributed by atoms with Crippen LogP contribution in [0.2, 0.25) is 0 Å². The zero-order valence-corrected chi connectivity index (χ0v) is 10.3. The number of benzene rings is 1. The van der Waals surface area contributed by atoms with E-state index in [1.54, 1.807) is 29.8 Å². The fraction of sp³-hybridized carbons (Fsp3) is 0.0833. The maximum atomic E-state index is 5.39. The van der Waals surface area contributed by atoms with Crippen molar-refractivity contribution in [3.63, 3.8) is 0 Å². The van der Waals surface area contributed by atoms with E-state index in [9.17, 15) is 0 Å². The van der Waals surface area contributed by atoms with Crippen molar-refractivity contribution >= 4 is 32.8 Å². The monoisotopic (exact) mass is 247 g/mol. The first-order valence-electron chi connectivity index (χ1n) is 4.84. The van der Waals surface area contributed by atoms with Crippen LogP contribution in [-0.2, 0) is 0 Å². The fourth-order valence-corrected chi connectivity index (χ4v) is 3.35. The second-order valence-electron chi connectivity index (χ2n) is 3.32. The molecule has 0 aliphatic heterocycles. The summed E-state index contributed by atoms with van der Waals surface area (Å²) in [5, 5.41) is 6.25. The van der Waals surface area contributed by atoms with Gasteiger partial charge < -0.3 is 4.74 Å².